The average molecular weight is 305 g/mol. The summed E-state index contributed by atoms with van der Waals surface area (Å²) < 4.78 is 6.79. The Bertz CT molecular complexity index is 829. The predicted octanol–water partition coefficient (Wildman–Crippen LogP) is 1.75. The van der Waals surface area contributed by atoms with Crippen molar-refractivity contribution in [3.63, 3.8) is 0 Å². The topological polar surface area (TPSA) is 99.0 Å². The van der Waals surface area contributed by atoms with Crippen molar-refractivity contribution in [3.05, 3.63) is 28.1 Å². The average Bonchev–Trinajstić information content (AvgIpc) is 3.06. The van der Waals surface area contributed by atoms with E-state index in [0.29, 0.717) is 16.3 Å². The van der Waals surface area contributed by atoms with E-state index in [1.54, 1.807) is 10.7 Å². The Kier molecular flexibility index (Phi) is 3.17. The molecule has 0 saturated carbocycles. The summed E-state index contributed by atoms with van der Waals surface area (Å²) >= 11 is 1.34. The van der Waals surface area contributed by atoms with Gasteiger partial charge in [-0.1, -0.05) is 5.16 Å². The maximum atomic E-state index is 12.3. The molecule has 0 bridgehead atoms. The lowest BCUT2D eigenvalue weighted by Crippen LogP contribution is -2.22. The quantitative estimate of drug-likeness (QED) is 0.768. The SMILES string of the molecule is Cc1cc(CNC(=O)c2sc3c(c(C)nn3C)c2N)on1. The number of thiophene rings is 1. The second kappa shape index (κ2) is 4.88. The first-order valence-corrected chi connectivity index (χ1v) is 7.21. The first kappa shape index (κ1) is 13.6. The number of amides is 1. The number of carbonyl (C=O) groups is 1. The summed E-state index contributed by atoms with van der Waals surface area (Å²) in [4.78, 5) is 13.7. The van der Waals surface area contributed by atoms with Crippen LogP contribution in [0.5, 0.6) is 0 Å². The van der Waals surface area contributed by atoms with Crippen LogP contribution in [-0.2, 0) is 13.6 Å². The maximum absolute atomic E-state index is 12.3. The van der Waals surface area contributed by atoms with Crippen molar-refractivity contribution in [3.8, 4) is 0 Å². The minimum atomic E-state index is -0.220. The van der Waals surface area contributed by atoms with Crippen LogP contribution in [0.1, 0.15) is 26.8 Å². The molecule has 0 spiro atoms. The molecule has 1 amide bonds. The summed E-state index contributed by atoms with van der Waals surface area (Å²) in [5.41, 5.74) is 8.17. The van der Waals surface area contributed by atoms with E-state index < -0.39 is 0 Å². The van der Waals surface area contributed by atoms with Crippen LogP contribution in [0.15, 0.2) is 10.6 Å². The Morgan fingerprint density at radius 3 is 2.90 bits per heavy atom. The summed E-state index contributed by atoms with van der Waals surface area (Å²) in [5.74, 6) is 0.389. The number of nitrogens with two attached hydrogens (primary N) is 1. The van der Waals surface area contributed by atoms with Crippen LogP contribution in [0.2, 0.25) is 0 Å². The van der Waals surface area contributed by atoms with Gasteiger partial charge in [-0.2, -0.15) is 5.10 Å². The lowest BCUT2D eigenvalue weighted by atomic mass is 10.2. The Hall–Kier alpha value is -2.35. The van der Waals surface area contributed by atoms with Gasteiger partial charge in [0.15, 0.2) is 5.76 Å². The summed E-state index contributed by atoms with van der Waals surface area (Å²) in [5, 5.41) is 11.7. The van der Waals surface area contributed by atoms with E-state index in [9.17, 15) is 4.79 Å². The first-order valence-electron chi connectivity index (χ1n) is 6.39. The summed E-state index contributed by atoms with van der Waals surface area (Å²) in [6, 6.07) is 1.78. The number of carbonyl (C=O) groups excluding carboxylic acids is 1. The molecule has 0 aliphatic heterocycles. The Labute approximate surface area is 124 Å². The highest BCUT2D eigenvalue weighted by Crippen LogP contribution is 2.35. The monoisotopic (exact) mass is 305 g/mol. The van der Waals surface area contributed by atoms with E-state index in [1.807, 2.05) is 20.9 Å². The molecule has 3 rings (SSSR count). The van der Waals surface area contributed by atoms with Gasteiger partial charge in [-0.3, -0.25) is 9.48 Å². The third kappa shape index (κ3) is 2.27. The van der Waals surface area contributed by atoms with Gasteiger partial charge in [0.1, 0.15) is 9.71 Å². The molecule has 3 heterocycles. The van der Waals surface area contributed by atoms with Gasteiger partial charge in [0.2, 0.25) is 0 Å². The van der Waals surface area contributed by atoms with Crippen LogP contribution >= 0.6 is 11.3 Å². The first-order chi connectivity index (χ1) is 9.97. The molecule has 7 nitrogen and oxygen atoms in total. The Balaban J connectivity index is 1.84. The number of nitrogen functional groups attached to an aromatic ring is 1. The van der Waals surface area contributed by atoms with Crippen molar-refractivity contribution < 1.29 is 9.32 Å². The number of aryl methyl sites for hydroxylation is 3. The van der Waals surface area contributed by atoms with Crippen LogP contribution in [0.3, 0.4) is 0 Å². The molecule has 0 radical (unpaired) electrons. The Morgan fingerprint density at radius 2 is 2.29 bits per heavy atom. The third-order valence-electron chi connectivity index (χ3n) is 3.19. The molecule has 0 saturated heterocycles. The van der Waals surface area contributed by atoms with Gasteiger partial charge in [0.05, 0.1) is 29.0 Å². The standard InChI is InChI=1S/C13H15N5O2S/c1-6-4-8(20-17-6)5-15-12(19)11-10(14)9-7(2)16-18(3)13(9)21-11/h4H,5,14H2,1-3H3,(H,15,19). The van der Waals surface area contributed by atoms with Gasteiger partial charge in [-0.05, 0) is 13.8 Å². The van der Waals surface area contributed by atoms with E-state index in [1.165, 1.54) is 11.3 Å². The normalized spacial score (nSPS) is 11.2. The van der Waals surface area contributed by atoms with E-state index in [0.717, 1.165) is 21.6 Å². The number of rotatable bonds is 3. The van der Waals surface area contributed by atoms with Crippen LogP contribution in [0.4, 0.5) is 5.69 Å². The van der Waals surface area contributed by atoms with Gasteiger partial charge >= 0.3 is 0 Å². The van der Waals surface area contributed by atoms with Crippen LogP contribution in [0, 0.1) is 13.8 Å². The second-order valence-electron chi connectivity index (χ2n) is 4.85. The van der Waals surface area contributed by atoms with Crippen LogP contribution in [0.25, 0.3) is 10.2 Å². The maximum Gasteiger partial charge on any atom is 0.263 e. The number of aromatic nitrogens is 3. The fourth-order valence-corrected chi connectivity index (χ4v) is 3.35. The highest BCUT2D eigenvalue weighted by Gasteiger charge is 2.21. The van der Waals surface area contributed by atoms with Crippen molar-refractivity contribution in [1.29, 1.82) is 0 Å². The molecule has 110 valence electrons. The molecule has 0 aromatic carbocycles. The summed E-state index contributed by atoms with van der Waals surface area (Å²) in [6.45, 7) is 3.99. The summed E-state index contributed by atoms with van der Waals surface area (Å²) in [7, 11) is 1.84. The van der Waals surface area contributed by atoms with Crippen LogP contribution < -0.4 is 11.1 Å². The van der Waals surface area contributed by atoms with Gasteiger partial charge < -0.3 is 15.6 Å². The molecular weight excluding hydrogens is 290 g/mol. The second-order valence-corrected chi connectivity index (χ2v) is 5.85. The largest absolute Gasteiger partial charge is 0.397 e. The molecule has 0 aliphatic carbocycles. The lowest BCUT2D eigenvalue weighted by Gasteiger charge is -2.01. The molecule has 8 heteroatoms. The number of hydrogen-bond acceptors (Lipinski definition) is 6. The Morgan fingerprint density at radius 1 is 1.52 bits per heavy atom. The highest BCUT2D eigenvalue weighted by atomic mass is 32.1. The smallest absolute Gasteiger partial charge is 0.263 e. The number of anilines is 1. The fraction of sp³-hybridized carbons (Fsp3) is 0.308. The predicted molar refractivity (Wildman–Crippen MR) is 80.2 cm³/mol. The molecule has 0 fully saturated rings. The van der Waals surface area contributed by atoms with E-state index >= 15 is 0 Å². The van der Waals surface area contributed by atoms with Crippen molar-refractivity contribution in [2.45, 2.75) is 20.4 Å². The van der Waals surface area contributed by atoms with Crippen molar-refractivity contribution in [2.24, 2.45) is 7.05 Å². The van der Waals surface area contributed by atoms with E-state index in [2.05, 4.69) is 15.6 Å². The molecule has 0 atom stereocenters. The number of nitrogens with zero attached hydrogens (tertiary/aromatic N) is 3. The van der Waals surface area contributed by atoms with Gasteiger partial charge in [0, 0.05) is 13.1 Å². The minimum absolute atomic E-state index is 0.220. The molecule has 3 aromatic rings. The molecule has 21 heavy (non-hydrogen) atoms. The van der Waals surface area contributed by atoms with Gasteiger partial charge in [-0.15, -0.1) is 11.3 Å². The zero-order valence-corrected chi connectivity index (χ0v) is 12.7. The van der Waals surface area contributed by atoms with Crippen molar-refractivity contribution in [2.75, 3.05) is 5.73 Å². The third-order valence-corrected chi connectivity index (χ3v) is 4.46. The van der Waals surface area contributed by atoms with Gasteiger partial charge in [-0.25, -0.2) is 0 Å². The number of nitrogens with one attached hydrogen (secondary N) is 1. The highest BCUT2D eigenvalue weighted by molar-refractivity contribution is 7.21. The molecule has 0 aliphatic rings. The number of hydrogen-bond donors (Lipinski definition) is 2. The zero-order valence-electron chi connectivity index (χ0n) is 11.9. The van der Waals surface area contributed by atoms with E-state index in [-0.39, 0.29) is 12.5 Å². The molecule has 3 N–H and O–H groups in total. The molecule has 0 unspecified atom stereocenters. The molecule has 3 aromatic heterocycles. The van der Waals surface area contributed by atoms with Crippen molar-refractivity contribution in [1.82, 2.24) is 20.3 Å². The van der Waals surface area contributed by atoms with Crippen LogP contribution in [-0.4, -0.2) is 20.8 Å². The van der Waals surface area contributed by atoms with E-state index in [4.69, 9.17) is 10.3 Å². The molecular formula is C13H15N5O2S. The number of fused-ring (bicyclic) bond motifs is 1. The lowest BCUT2D eigenvalue weighted by molar-refractivity contribution is 0.0952. The minimum Gasteiger partial charge on any atom is -0.397 e. The van der Waals surface area contributed by atoms with Crippen molar-refractivity contribution >= 4 is 33.1 Å². The van der Waals surface area contributed by atoms with Gasteiger partial charge in [0.25, 0.3) is 5.91 Å². The zero-order chi connectivity index (χ0) is 15.1. The summed E-state index contributed by atoms with van der Waals surface area (Å²) in [6.07, 6.45) is 0. The fourth-order valence-electron chi connectivity index (χ4n) is 2.25.